The highest BCUT2D eigenvalue weighted by Gasteiger charge is 2.36. The van der Waals surface area contributed by atoms with Gasteiger partial charge in [0, 0.05) is 30.4 Å². The molecule has 1 aromatic carbocycles. The first-order valence-corrected chi connectivity index (χ1v) is 8.90. The zero-order valence-electron chi connectivity index (χ0n) is 13.4. The second kappa shape index (κ2) is 7.42. The lowest BCUT2D eigenvalue weighted by atomic mass is 10.0. The first-order valence-electron chi connectivity index (χ1n) is 8.14. The maximum Gasteiger partial charge on any atom is 0.419 e. The molecule has 1 fully saturated rings. The van der Waals surface area contributed by atoms with Crippen molar-refractivity contribution in [2.45, 2.75) is 31.9 Å². The zero-order chi connectivity index (χ0) is 18.0. The van der Waals surface area contributed by atoms with Crippen LogP contribution in [0.25, 0.3) is 11.1 Å². The molecule has 2 heterocycles. The average molecular weight is 389 g/mol. The molecule has 0 radical (unpaired) electrons. The zero-order valence-corrected chi connectivity index (χ0v) is 14.9. The molecule has 7 heteroatoms. The third-order valence-electron chi connectivity index (χ3n) is 4.34. The number of aromatic nitrogens is 1. The Morgan fingerprint density at radius 2 is 1.68 bits per heavy atom. The molecule has 3 rings (SSSR count). The van der Waals surface area contributed by atoms with E-state index in [4.69, 9.17) is 23.2 Å². The summed E-state index contributed by atoms with van der Waals surface area (Å²) < 4.78 is 41.0. The Labute approximate surface area is 154 Å². The molecule has 0 amide bonds. The molecule has 0 unspecified atom stereocenters. The van der Waals surface area contributed by atoms with Crippen molar-refractivity contribution in [3.8, 4) is 11.1 Å². The summed E-state index contributed by atoms with van der Waals surface area (Å²) in [5, 5.41) is 0.519. The monoisotopic (exact) mass is 388 g/mol. The van der Waals surface area contributed by atoms with Gasteiger partial charge in [-0.05, 0) is 25.0 Å². The Morgan fingerprint density at radius 1 is 1.00 bits per heavy atom. The van der Waals surface area contributed by atoms with Gasteiger partial charge >= 0.3 is 6.18 Å². The Kier molecular flexibility index (Phi) is 5.44. The lowest BCUT2D eigenvalue weighted by molar-refractivity contribution is -0.137. The SMILES string of the molecule is FC(F)(F)c1cc(-c2cccc(Cl)c2Cl)cnc1N1CCCCCC1. The van der Waals surface area contributed by atoms with E-state index < -0.39 is 11.7 Å². The van der Waals surface area contributed by atoms with E-state index in [1.54, 1.807) is 23.1 Å². The Balaban J connectivity index is 2.08. The molecule has 0 bridgehead atoms. The van der Waals surface area contributed by atoms with E-state index in [2.05, 4.69) is 4.98 Å². The minimum Gasteiger partial charge on any atom is -0.356 e. The number of nitrogens with zero attached hydrogens (tertiary/aromatic N) is 2. The summed E-state index contributed by atoms with van der Waals surface area (Å²) in [5.74, 6) is -0.00343. The smallest absolute Gasteiger partial charge is 0.356 e. The molecule has 0 aliphatic carbocycles. The number of pyridine rings is 1. The second-order valence-electron chi connectivity index (χ2n) is 6.10. The maximum absolute atomic E-state index is 13.7. The van der Waals surface area contributed by atoms with Crippen LogP contribution in [0.1, 0.15) is 31.2 Å². The Bertz CT molecular complexity index is 754. The average Bonchev–Trinajstić information content (AvgIpc) is 2.85. The van der Waals surface area contributed by atoms with Crippen molar-refractivity contribution < 1.29 is 13.2 Å². The van der Waals surface area contributed by atoms with Gasteiger partial charge in [-0.2, -0.15) is 13.2 Å². The lowest BCUT2D eigenvalue weighted by Gasteiger charge is -2.25. The number of benzene rings is 1. The van der Waals surface area contributed by atoms with Gasteiger partial charge in [0.2, 0.25) is 0 Å². The minimum atomic E-state index is -4.49. The van der Waals surface area contributed by atoms with Gasteiger partial charge in [0.1, 0.15) is 5.82 Å². The van der Waals surface area contributed by atoms with Gasteiger partial charge in [-0.3, -0.25) is 0 Å². The van der Waals surface area contributed by atoms with Crippen LogP contribution in [0.4, 0.5) is 19.0 Å². The Morgan fingerprint density at radius 3 is 2.32 bits per heavy atom. The summed E-state index contributed by atoms with van der Waals surface area (Å²) in [6.45, 7) is 1.18. The molecule has 134 valence electrons. The number of anilines is 1. The maximum atomic E-state index is 13.7. The van der Waals surface area contributed by atoms with Crippen molar-refractivity contribution in [1.29, 1.82) is 0 Å². The Hall–Kier alpha value is -1.46. The normalized spacial score (nSPS) is 16.0. The molecular weight excluding hydrogens is 372 g/mol. The molecule has 0 N–H and O–H groups in total. The molecule has 2 nitrogen and oxygen atoms in total. The topological polar surface area (TPSA) is 16.1 Å². The quantitative estimate of drug-likeness (QED) is 0.587. The predicted octanol–water partition coefficient (Wildman–Crippen LogP) is 6.45. The van der Waals surface area contributed by atoms with Crippen molar-refractivity contribution in [1.82, 2.24) is 4.98 Å². The van der Waals surface area contributed by atoms with E-state index in [1.165, 1.54) is 6.20 Å². The van der Waals surface area contributed by atoms with E-state index >= 15 is 0 Å². The second-order valence-corrected chi connectivity index (χ2v) is 6.88. The largest absolute Gasteiger partial charge is 0.419 e. The third kappa shape index (κ3) is 4.04. The fraction of sp³-hybridized carbons (Fsp3) is 0.389. The summed E-state index contributed by atoms with van der Waals surface area (Å²) >= 11 is 12.1. The van der Waals surface area contributed by atoms with Crippen molar-refractivity contribution in [3.05, 3.63) is 46.1 Å². The van der Waals surface area contributed by atoms with Gasteiger partial charge in [-0.25, -0.2) is 4.98 Å². The standard InChI is InChI=1S/C18H17Cl2F3N2/c19-15-7-5-6-13(16(15)20)12-10-14(18(21,22)23)17(24-11-12)25-8-3-1-2-4-9-25/h5-7,10-11H,1-4,8-9H2. The molecule has 2 aromatic rings. The highest BCUT2D eigenvalue weighted by molar-refractivity contribution is 6.43. The lowest BCUT2D eigenvalue weighted by Crippen LogP contribution is -2.28. The van der Waals surface area contributed by atoms with Crippen LogP contribution in [0, 0.1) is 0 Å². The molecule has 1 aromatic heterocycles. The van der Waals surface area contributed by atoms with Crippen molar-refractivity contribution in [2.75, 3.05) is 18.0 Å². The van der Waals surface area contributed by atoms with Crippen molar-refractivity contribution >= 4 is 29.0 Å². The van der Waals surface area contributed by atoms with Crippen molar-refractivity contribution in [3.63, 3.8) is 0 Å². The van der Waals surface area contributed by atoms with Crippen LogP contribution in [-0.4, -0.2) is 18.1 Å². The van der Waals surface area contributed by atoms with Gasteiger partial charge in [-0.1, -0.05) is 48.2 Å². The number of hydrogen-bond donors (Lipinski definition) is 0. The van der Waals surface area contributed by atoms with Crippen LogP contribution in [0.15, 0.2) is 30.5 Å². The summed E-state index contributed by atoms with van der Waals surface area (Å²) in [6.07, 6.45) is 0.770. The molecule has 0 atom stereocenters. The molecule has 0 saturated carbocycles. The first-order chi connectivity index (χ1) is 11.9. The summed E-state index contributed by atoms with van der Waals surface area (Å²) in [4.78, 5) is 5.90. The van der Waals surface area contributed by atoms with E-state index in [-0.39, 0.29) is 10.8 Å². The van der Waals surface area contributed by atoms with Crippen LogP contribution in [0.5, 0.6) is 0 Å². The number of rotatable bonds is 2. The number of alkyl halides is 3. The van der Waals surface area contributed by atoms with Crippen LogP contribution in [0.3, 0.4) is 0 Å². The van der Waals surface area contributed by atoms with E-state index in [0.717, 1.165) is 31.7 Å². The molecule has 1 aliphatic heterocycles. The molecule has 1 aliphatic rings. The van der Waals surface area contributed by atoms with Crippen LogP contribution >= 0.6 is 23.2 Å². The highest BCUT2D eigenvalue weighted by Crippen LogP contribution is 2.40. The molecule has 25 heavy (non-hydrogen) atoms. The van der Waals surface area contributed by atoms with Gasteiger partial charge < -0.3 is 4.90 Å². The van der Waals surface area contributed by atoms with Gasteiger partial charge in [0.15, 0.2) is 0 Å². The highest BCUT2D eigenvalue weighted by atomic mass is 35.5. The summed E-state index contributed by atoms with van der Waals surface area (Å²) in [5.41, 5.74) is 0.0101. The van der Waals surface area contributed by atoms with Gasteiger partial charge in [0.05, 0.1) is 15.6 Å². The fourth-order valence-electron chi connectivity index (χ4n) is 3.07. The molecule has 1 saturated heterocycles. The van der Waals surface area contributed by atoms with Crippen LogP contribution in [0.2, 0.25) is 10.0 Å². The van der Waals surface area contributed by atoms with Crippen molar-refractivity contribution in [2.24, 2.45) is 0 Å². The van der Waals surface area contributed by atoms with Gasteiger partial charge in [-0.15, -0.1) is 0 Å². The predicted molar refractivity (Wildman–Crippen MR) is 95.4 cm³/mol. The van der Waals surface area contributed by atoms with E-state index in [9.17, 15) is 13.2 Å². The van der Waals surface area contributed by atoms with Crippen LogP contribution in [-0.2, 0) is 6.18 Å². The summed E-state index contributed by atoms with van der Waals surface area (Å²) in [7, 11) is 0. The fourth-order valence-corrected chi connectivity index (χ4v) is 3.48. The van der Waals surface area contributed by atoms with Crippen LogP contribution < -0.4 is 4.90 Å². The third-order valence-corrected chi connectivity index (χ3v) is 5.16. The first kappa shape index (κ1) is 18.3. The van der Waals surface area contributed by atoms with E-state index in [0.29, 0.717) is 29.2 Å². The minimum absolute atomic E-state index is 0.00343. The molecular formula is C18H17Cl2F3N2. The number of halogens is 5. The molecule has 0 spiro atoms. The van der Waals surface area contributed by atoms with E-state index in [1.807, 2.05) is 0 Å². The number of hydrogen-bond acceptors (Lipinski definition) is 2. The summed E-state index contributed by atoms with van der Waals surface area (Å²) in [6, 6.07) is 6.00. The van der Waals surface area contributed by atoms with Gasteiger partial charge in [0.25, 0.3) is 0 Å².